The van der Waals surface area contributed by atoms with E-state index in [1.807, 2.05) is 47.7 Å². The maximum Gasteiger partial charge on any atom is 0.164 e. The zero-order chi connectivity index (χ0) is 29.0. The number of carbonyl (C=O) groups excluding carboxylic acids is 1. The minimum atomic E-state index is -0.417. The number of aliphatic hydroxyl groups is 1. The average molecular weight is 719 g/mol. The first-order valence-electron chi connectivity index (χ1n) is 14.6. The summed E-state index contributed by atoms with van der Waals surface area (Å²) >= 11 is 0. The van der Waals surface area contributed by atoms with Crippen LogP contribution in [0.15, 0.2) is 54.4 Å². The fourth-order valence-electron chi connectivity index (χ4n) is 4.88. The number of aliphatic hydroxyl groups excluding tert-OH is 1. The molecule has 40 heavy (non-hydrogen) atoms. The Balaban J connectivity index is 0.000000344. The Morgan fingerprint density at radius 2 is 1.70 bits per heavy atom. The molecule has 1 fully saturated rings. The van der Waals surface area contributed by atoms with E-state index in [1.54, 1.807) is 0 Å². The number of ketones is 1. The van der Waals surface area contributed by atoms with Crippen molar-refractivity contribution in [3.8, 4) is 11.3 Å². The quantitative estimate of drug-likeness (QED) is 0.162. The zero-order valence-electron chi connectivity index (χ0n) is 25.9. The molecule has 0 saturated heterocycles. The monoisotopic (exact) mass is 719 g/mol. The molecule has 3 aromatic rings. The SMILES string of the molecule is CC(C)(C)C(=O)/C=C(\O)C(C)(C)C.CCC(C)c1ccc2c(-c3[c-]c(C)cc(C4CCCC4)c3)nccc2c1.[Ir]. The van der Waals surface area contributed by atoms with E-state index < -0.39 is 5.41 Å². The molecule has 0 aliphatic heterocycles. The fraction of sp³-hybridized carbons (Fsp3) is 0.500. The number of fused-ring (bicyclic) bond motifs is 1. The number of rotatable bonds is 5. The summed E-state index contributed by atoms with van der Waals surface area (Å²) in [6.07, 6.45) is 9.82. The molecular weight excluding hydrogens is 671 g/mol. The Morgan fingerprint density at radius 1 is 1.05 bits per heavy atom. The molecule has 0 amide bonds. The third-order valence-corrected chi connectivity index (χ3v) is 7.85. The van der Waals surface area contributed by atoms with Crippen LogP contribution in [0.2, 0.25) is 0 Å². The number of aryl methyl sites for hydroxylation is 1. The Labute approximate surface area is 256 Å². The Morgan fingerprint density at radius 3 is 2.27 bits per heavy atom. The van der Waals surface area contributed by atoms with Crippen LogP contribution >= 0.6 is 0 Å². The Kier molecular flexibility index (Phi) is 11.9. The molecule has 1 aliphatic carbocycles. The van der Waals surface area contributed by atoms with Gasteiger partial charge in [0.15, 0.2) is 5.78 Å². The first kappa shape index (κ1) is 33.9. The van der Waals surface area contributed by atoms with Gasteiger partial charge in [-0.3, -0.25) is 4.79 Å². The van der Waals surface area contributed by atoms with Crippen LogP contribution in [0.5, 0.6) is 0 Å². The molecule has 0 bridgehead atoms. The van der Waals surface area contributed by atoms with Crippen LogP contribution in [0.1, 0.15) is 116 Å². The van der Waals surface area contributed by atoms with Crippen LogP contribution in [0, 0.1) is 23.8 Å². The normalized spacial score (nSPS) is 15.3. The fourth-order valence-corrected chi connectivity index (χ4v) is 4.88. The van der Waals surface area contributed by atoms with Crippen molar-refractivity contribution in [1.29, 1.82) is 0 Å². The maximum absolute atomic E-state index is 11.5. The van der Waals surface area contributed by atoms with Gasteiger partial charge in [-0.25, -0.2) is 0 Å². The summed E-state index contributed by atoms with van der Waals surface area (Å²) in [4.78, 5) is 16.2. The van der Waals surface area contributed by atoms with Crippen LogP contribution in [0.25, 0.3) is 22.0 Å². The van der Waals surface area contributed by atoms with E-state index in [4.69, 9.17) is 4.98 Å². The third-order valence-electron chi connectivity index (χ3n) is 7.85. The predicted octanol–water partition coefficient (Wildman–Crippen LogP) is 10.3. The molecule has 1 radical (unpaired) electrons. The van der Waals surface area contributed by atoms with Gasteiger partial charge in [-0.05, 0) is 59.2 Å². The largest absolute Gasteiger partial charge is 0.512 e. The van der Waals surface area contributed by atoms with Gasteiger partial charge in [-0.1, -0.05) is 93.4 Å². The van der Waals surface area contributed by atoms with Crippen LogP contribution in [-0.4, -0.2) is 15.9 Å². The molecule has 0 spiro atoms. The minimum absolute atomic E-state index is 0. The molecule has 1 N–H and O–H groups in total. The topological polar surface area (TPSA) is 50.2 Å². The molecule has 1 unspecified atom stereocenters. The second kappa shape index (κ2) is 14.1. The van der Waals surface area contributed by atoms with Crippen LogP contribution in [0.3, 0.4) is 0 Å². The summed E-state index contributed by atoms with van der Waals surface area (Å²) in [5.41, 5.74) is 5.57. The number of benzene rings is 2. The first-order valence-corrected chi connectivity index (χ1v) is 14.6. The Hall–Kier alpha value is -2.29. The van der Waals surface area contributed by atoms with Gasteiger partial charge in [0.1, 0.15) is 5.76 Å². The summed E-state index contributed by atoms with van der Waals surface area (Å²) in [5.74, 6) is 1.41. The van der Waals surface area contributed by atoms with Gasteiger partial charge in [0.2, 0.25) is 0 Å². The van der Waals surface area contributed by atoms with E-state index in [2.05, 4.69) is 63.2 Å². The number of hydrogen-bond acceptors (Lipinski definition) is 3. The average Bonchev–Trinajstić information content (AvgIpc) is 3.41. The predicted molar refractivity (Wildman–Crippen MR) is 165 cm³/mol. The van der Waals surface area contributed by atoms with E-state index in [9.17, 15) is 9.90 Å². The number of pyridine rings is 1. The van der Waals surface area contributed by atoms with Crippen molar-refractivity contribution < 1.29 is 30.0 Å². The molecule has 1 aromatic heterocycles. The maximum atomic E-state index is 11.5. The van der Waals surface area contributed by atoms with Crippen LogP contribution in [0.4, 0.5) is 0 Å². The molecule has 1 aliphatic rings. The molecule has 4 heteroatoms. The summed E-state index contributed by atoms with van der Waals surface area (Å²) < 4.78 is 0. The van der Waals surface area contributed by atoms with E-state index in [1.165, 1.54) is 65.6 Å². The molecule has 4 rings (SSSR count). The zero-order valence-corrected chi connectivity index (χ0v) is 28.3. The number of carbonyl (C=O) groups is 1. The number of hydrogen-bond donors (Lipinski definition) is 1. The summed E-state index contributed by atoms with van der Waals surface area (Å²) in [5, 5.41) is 12.1. The second-order valence-corrected chi connectivity index (χ2v) is 13.3. The second-order valence-electron chi connectivity index (χ2n) is 13.3. The van der Waals surface area contributed by atoms with E-state index >= 15 is 0 Å². The summed E-state index contributed by atoms with van der Waals surface area (Å²) in [7, 11) is 0. The molecule has 3 nitrogen and oxygen atoms in total. The molecule has 1 atom stereocenters. The Bertz CT molecular complexity index is 1320. The van der Waals surface area contributed by atoms with Crippen LogP contribution in [-0.2, 0) is 24.9 Å². The van der Waals surface area contributed by atoms with Gasteiger partial charge in [0, 0.05) is 43.2 Å². The van der Waals surface area contributed by atoms with E-state index in [-0.39, 0.29) is 37.1 Å². The van der Waals surface area contributed by atoms with Gasteiger partial charge >= 0.3 is 0 Å². The van der Waals surface area contributed by atoms with Crippen molar-refractivity contribution in [3.63, 3.8) is 0 Å². The first-order chi connectivity index (χ1) is 18.2. The number of allylic oxidation sites excluding steroid dienone is 2. The number of nitrogens with zero attached hydrogens (tertiary/aromatic N) is 1. The van der Waals surface area contributed by atoms with Crippen molar-refractivity contribution >= 4 is 16.6 Å². The molecule has 219 valence electrons. The smallest absolute Gasteiger partial charge is 0.164 e. The van der Waals surface area contributed by atoms with Crippen LogP contribution < -0.4 is 0 Å². The van der Waals surface area contributed by atoms with E-state index in [0.29, 0.717) is 11.8 Å². The molecular formula is C36H48IrNO2-. The van der Waals surface area contributed by atoms with Crippen molar-refractivity contribution in [1.82, 2.24) is 4.98 Å². The van der Waals surface area contributed by atoms with Gasteiger partial charge in [-0.15, -0.1) is 34.9 Å². The van der Waals surface area contributed by atoms with Crippen molar-refractivity contribution in [2.45, 2.75) is 106 Å². The summed E-state index contributed by atoms with van der Waals surface area (Å²) in [6.45, 7) is 17.8. The number of aromatic nitrogens is 1. The van der Waals surface area contributed by atoms with Gasteiger partial charge in [-0.2, -0.15) is 0 Å². The third kappa shape index (κ3) is 8.85. The van der Waals surface area contributed by atoms with E-state index in [0.717, 1.165) is 11.3 Å². The van der Waals surface area contributed by atoms with Crippen molar-refractivity contribution in [2.75, 3.05) is 0 Å². The molecule has 1 heterocycles. The van der Waals surface area contributed by atoms with Crippen molar-refractivity contribution in [3.05, 3.63) is 77.2 Å². The van der Waals surface area contributed by atoms with Gasteiger partial charge in [0.25, 0.3) is 0 Å². The van der Waals surface area contributed by atoms with Gasteiger partial charge in [0.05, 0.1) is 0 Å². The van der Waals surface area contributed by atoms with Gasteiger partial charge < -0.3 is 10.1 Å². The van der Waals surface area contributed by atoms with Crippen molar-refractivity contribution in [2.24, 2.45) is 10.8 Å². The minimum Gasteiger partial charge on any atom is -0.512 e. The molecule has 2 aromatic carbocycles. The standard InChI is InChI=1S/C25H28N.C11H20O2.Ir/c1-4-18(3)20-9-10-24-21(15-20)11-12-26-25(24)23-14-17(2)13-22(16-23)19-7-5-6-8-19;1-10(2,3)8(12)7-9(13)11(4,5)6;/h9-13,15-16,18-19H,4-8H2,1-3H3;7,12H,1-6H3;/q-1;;/b;8-7-;. The summed E-state index contributed by atoms with van der Waals surface area (Å²) in [6, 6.07) is 17.2. The molecule has 1 saturated carbocycles.